The first-order valence-corrected chi connectivity index (χ1v) is 6.99. The van der Waals surface area contributed by atoms with Crippen molar-refractivity contribution < 1.29 is 14.3 Å². The van der Waals surface area contributed by atoms with Gasteiger partial charge in [0.15, 0.2) is 5.78 Å². The van der Waals surface area contributed by atoms with E-state index >= 15 is 0 Å². The van der Waals surface area contributed by atoms with Crippen molar-refractivity contribution >= 4 is 34.6 Å². The van der Waals surface area contributed by atoms with E-state index in [1.165, 1.54) is 13.2 Å². The Morgan fingerprint density at radius 3 is 2.73 bits per heavy atom. The number of halogens is 1. The minimum atomic E-state index is -0.341. The van der Waals surface area contributed by atoms with Gasteiger partial charge in [-0.1, -0.05) is 29.8 Å². The summed E-state index contributed by atoms with van der Waals surface area (Å²) in [5.74, 6) is -0.191. The van der Waals surface area contributed by atoms with Gasteiger partial charge in [0.05, 0.1) is 29.0 Å². The lowest BCUT2D eigenvalue weighted by molar-refractivity contribution is -0.110. The molecule has 22 heavy (non-hydrogen) atoms. The van der Waals surface area contributed by atoms with Crippen molar-refractivity contribution in [3.05, 3.63) is 64.7 Å². The third-order valence-electron chi connectivity index (χ3n) is 3.42. The van der Waals surface area contributed by atoms with Crippen LogP contribution < -0.4 is 10.1 Å². The molecule has 0 saturated heterocycles. The van der Waals surface area contributed by atoms with E-state index in [-0.39, 0.29) is 17.3 Å². The van der Waals surface area contributed by atoms with Gasteiger partial charge < -0.3 is 10.1 Å². The molecule has 0 saturated carbocycles. The summed E-state index contributed by atoms with van der Waals surface area (Å²) in [6.07, 6.45) is 1.30. The molecule has 1 aliphatic rings. The number of amides is 1. The largest absolute Gasteiger partial charge is 0.496 e. The molecular formula is C17H12ClNO3. The second-order valence-corrected chi connectivity index (χ2v) is 5.15. The summed E-state index contributed by atoms with van der Waals surface area (Å²) in [7, 11) is 1.49. The third kappa shape index (κ3) is 2.38. The number of benzene rings is 2. The molecule has 110 valence electrons. The molecule has 0 unspecified atom stereocenters. The Labute approximate surface area is 132 Å². The van der Waals surface area contributed by atoms with Crippen LogP contribution >= 0.6 is 11.6 Å². The number of carbonyl (C=O) groups excluding carboxylic acids is 2. The van der Waals surface area contributed by atoms with Gasteiger partial charge in [0.25, 0.3) is 5.91 Å². The zero-order valence-corrected chi connectivity index (χ0v) is 12.5. The maximum atomic E-state index is 12.5. The van der Waals surface area contributed by atoms with Crippen LogP contribution in [0.5, 0.6) is 5.75 Å². The number of nitrogens with one attached hydrogen (secondary N) is 1. The van der Waals surface area contributed by atoms with Crippen molar-refractivity contribution in [1.82, 2.24) is 0 Å². The number of carbonyl (C=O) groups is 2. The summed E-state index contributed by atoms with van der Waals surface area (Å²) in [5, 5.41) is 3.12. The zero-order chi connectivity index (χ0) is 15.7. The molecule has 1 heterocycles. The molecule has 0 fully saturated rings. The number of fused-ring (bicyclic) bond motifs is 1. The van der Waals surface area contributed by atoms with E-state index < -0.39 is 0 Å². The SMILES string of the molecule is COc1ccccc1C(=O)/C=C1/C(=O)Nc2cccc(Cl)c21. The topological polar surface area (TPSA) is 55.4 Å². The van der Waals surface area contributed by atoms with Crippen molar-refractivity contribution in [3.63, 3.8) is 0 Å². The molecule has 4 nitrogen and oxygen atoms in total. The Morgan fingerprint density at radius 2 is 1.95 bits per heavy atom. The smallest absolute Gasteiger partial charge is 0.256 e. The highest BCUT2D eigenvalue weighted by atomic mass is 35.5. The minimum Gasteiger partial charge on any atom is -0.496 e. The Balaban J connectivity index is 2.07. The Morgan fingerprint density at radius 1 is 1.18 bits per heavy atom. The van der Waals surface area contributed by atoms with Gasteiger partial charge in [0.1, 0.15) is 5.75 Å². The molecular weight excluding hydrogens is 302 g/mol. The molecule has 1 aliphatic heterocycles. The van der Waals surface area contributed by atoms with Crippen molar-refractivity contribution in [2.45, 2.75) is 0 Å². The maximum Gasteiger partial charge on any atom is 0.256 e. The quantitative estimate of drug-likeness (QED) is 0.696. The molecule has 3 rings (SSSR count). The van der Waals surface area contributed by atoms with Crippen molar-refractivity contribution in [3.8, 4) is 5.75 Å². The molecule has 0 aliphatic carbocycles. The lowest BCUT2D eigenvalue weighted by atomic mass is 10.0. The van der Waals surface area contributed by atoms with E-state index in [2.05, 4.69) is 5.32 Å². The first-order valence-electron chi connectivity index (χ1n) is 6.61. The van der Waals surface area contributed by atoms with Crippen LogP contribution in [0.3, 0.4) is 0 Å². The van der Waals surface area contributed by atoms with E-state index in [4.69, 9.17) is 16.3 Å². The molecule has 0 spiro atoms. The van der Waals surface area contributed by atoms with Crippen molar-refractivity contribution in [2.24, 2.45) is 0 Å². The van der Waals surface area contributed by atoms with Crippen LogP contribution in [-0.4, -0.2) is 18.8 Å². The first kappa shape index (κ1) is 14.4. The normalized spacial score (nSPS) is 14.6. The average molecular weight is 314 g/mol. The first-order chi connectivity index (χ1) is 10.6. The van der Waals surface area contributed by atoms with E-state index in [0.717, 1.165) is 0 Å². The highest BCUT2D eigenvalue weighted by Gasteiger charge is 2.27. The molecule has 2 aromatic carbocycles. The lowest BCUT2D eigenvalue weighted by Gasteiger charge is -2.05. The van der Waals surface area contributed by atoms with Crippen LogP contribution in [0.15, 0.2) is 48.5 Å². The van der Waals surface area contributed by atoms with Crippen LogP contribution in [0.25, 0.3) is 5.57 Å². The zero-order valence-electron chi connectivity index (χ0n) is 11.7. The van der Waals surface area contributed by atoms with Gasteiger partial charge in [0.2, 0.25) is 0 Å². The Bertz CT molecular complexity index is 811. The summed E-state index contributed by atoms with van der Waals surface area (Å²) >= 11 is 6.15. The van der Waals surface area contributed by atoms with Gasteiger partial charge in [-0.2, -0.15) is 0 Å². The number of ketones is 1. The molecule has 0 radical (unpaired) electrons. The van der Waals surface area contributed by atoms with E-state index in [1.54, 1.807) is 42.5 Å². The van der Waals surface area contributed by atoms with Crippen LogP contribution in [0.4, 0.5) is 5.69 Å². The summed E-state index contributed by atoms with van der Waals surface area (Å²) in [4.78, 5) is 24.6. The number of rotatable bonds is 3. The van der Waals surface area contributed by atoms with Gasteiger partial charge in [-0.05, 0) is 30.3 Å². The van der Waals surface area contributed by atoms with Crippen molar-refractivity contribution in [2.75, 3.05) is 12.4 Å². The average Bonchev–Trinajstić information content (AvgIpc) is 2.84. The molecule has 2 aromatic rings. The van der Waals surface area contributed by atoms with Crippen LogP contribution in [0, 0.1) is 0 Å². The third-order valence-corrected chi connectivity index (χ3v) is 3.74. The van der Waals surface area contributed by atoms with Gasteiger partial charge in [-0.3, -0.25) is 9.59 Å². The molecule has 1 N–H and O–H groups in total. The fourth-order valence-electron chi connectivity index (χ4n) is 2.40. The molecule has 0 aromatic heterocycles. The summed E-state index contributed by atoms with van der Waals surface area (Å²) in [5.41, 5.74) is 1.82. The summed E-state index contributed by atoms with van der Waals surface area (Å²) < 4.78 is 5.17. The molecule has 0 bridgehead atoms. The fraction of sp³-hybridized carbons (Fsp3) is 0.0588. The maximum absolute atomic E-state index is 12.5. The number of hydrogen-bond acceptors (Lipinski definition) is 3. The lowest BCUT2D eigenvalue weighted by Crippen LogP contribution is -2.06. The van der Waals surface area contributed by atoms with E-state index in [9.17, 15) is 9.59 Å². The van der Waals surface area contributed by atoms with E-state index in [0.29, 0.717) is 27.6 Å². The summed E-state index contributed by atoms with van der Waals surface area (Å²) in [6.45, 7) is 0. The number of methoxy groups -OCH3 is 1. The van der Waals surface area contributed by atoms with Crippen LogP contribution in [0.1, 0.15) is 15.9 Å². The van der Waals surface area contributed by atoms with Gasteiger partial charge >= 0.3 is 0 Å². The molecule has 1 amide bonds. The van der Waals surface area contributed by atoms with Gasteiger partial charge in [-0.15, -0.1) is 0 Å². The fourth-order valence-corrected chi connectivity index (χ4v) is 2.68. The monoisotopic (exact) mass is 313 g/mol. The molecule has 0 atom stereocenters. The highest BCUT2D eigenvalue weighted by Crippen LogP contribution is 2.37. The predicted molar refractivity (Wildman–Crippen MR) is 85.4 cm³/mol. The number of allylic oxidation sites excluding steroid dienone is 1. The predicted octanol–water partition coefficient (Wildman–Crippen LogP) is 3.57. The minimum absolute atomic E-state index is 0.261. The van der Waals surface area contributed by atoms with Crippen molar-refractivity contribution in [1.29, 1.82) is 0 Å². The Kier molecular flexibility index (Phi) is 3.69. The Hall–Kier alpha value is -2.59. The van der Waals surface area contributed by atoms with Crippen LogP contribution in [0.2, 0.25) is 5.02 Å². The number of ether oxygens (including phenoxy) is 1. The van der Waals surface area contributed by atoms with E-state index in [1.807, 2.05) is 0 Å². The number of hydrogen-bond donors (Lipinski definition) is 1. The van der Waals surface area contributed by atoms with Crippen LogP contribution in [-0.2, 0) is 4.79 Å². The summed E-state index contributed by atoms with van der Waals surface area (Å²) in [6, 6.07) is 12.0. The van der Waals surface area contributed by atoms with Gasteiger partial charge in [-0.25, -0.2) is 0 Å². The number of para-hydroxylation sites is 1. The second-order valence-electron chi connectivity index (χ2n) is 4.74. The number of anilines is 1. The standard InChI is InChI=1S/C17H12ClNO3/c1-22-15-8-3-2-5-10(15)14(20)9-11-16-12(18)6-4-7-13(16)19-17(11)21/h2-9H,1H3,(H,19,21)/b11-9+. The van der Waals surface area contributed by atoms with Gasteiger partial charge in [0, 0.05) is 5.56 Å². The second kappa shape index (κ2) is 5.66. The highest BCUT2D eigenvalue weighted by molar-refractivity contribution is 6.41. The molecule has 5 heteroatoms.